The molecule has 146 valence electrons. The Labute approximate surface area is 160 Å². The molecule has 0 aliphatic carbocycles. The van der Waals surface area contributed by atoms with E-state index in [1.165, 1.54) is 4.90 Å². The van der Waals surface area contributed by atoms with E-state index in [0.29, 0.717) is 12.1 Å². The van der Waals surface area contributed by atoms with Crippen LogP contribution in [-0.2, 0) is 9.53 Å². The van der Waals surface area contributed by atoms with Crippen molar-refractivity contribution in [1.29, 1.82) is 0 Å². The molecule has 1 unspecified atom stereocenters. The van der Waals surface area contributed by atoms with Crippen LogP contribution in [0.2, 0.25) is 0 Å². The van der Waals surface area contributed by atoms with Gasteiger partial charge in [-0.2, -0.15) is 0 Å². The molecule has 0 saturated carbocycles. The average Bonchev–Trinajstić information content (AvgIpc) is 2.57. The number of amides is 2. The third-order valence-electron chi connectivity index (χ3n) is 4.05. The van der Waals surface area contributed by atoms with E-state index in [1.807, 2.05) is 38.1 Å². The number of ether oxygens (including phenoxy) is 1. The van der Waals surface area contributed by atoms with Gasteiger partial charge >= 0.3 is 6.09 Å². The van der Waals surface area contributed by atoms with Crippen LogP contribution in [0.1, 0.15) is 41.0 Å². The molecule has 27 heavy (non-hydrogen) atoms. The van der Waals surface area contributed by atoms with Crippen LogP contribution in [0.25, 0.3) is 10.8 Å². The monoisotopic (exact) mass is 371 g/mol. The van der Waals surface area contributed by atoms with E-state index < -0.39 is 17.7 Å². The van der Waals surface area contributed by atoms with Gasteiger partial charge in [0.1, 0.15) is 11.6 Å². The Balaban J connectivity index is 2.18. The average molecular weight is 371 g/mol. The number of hydrogen-bond acceptors (Lipinski definition) is 4. The molecule has 6 nitrogen and oxygen atoms in total. The van der Waals surface area contributed by atoms with Gasteiger partial charge in [0.2, 0.25) is 5.91 Å². The summed E-state index contributed by atoms with van der Waals surface area (Å²) in [4.78, 5) is 30.8. The smallest absolute Gasteiger partial charge is 0.410 e. The molecule has 2 amide bonds. The Kier molecular flexibility index (Phi) is 6.41. The van der Waals surface area contributed by atoms with Crippen LogP contribution in [0, 0.1) is 5.92 Å². The minimum absolute atomic E-state index is 0.236. The molecule has 0 saturated heterocycles. The zero-order chi connectivity index (χ0) is 20.2. The lowest BCUT2D eigenvalue weighted by Crippen LogP contribution is -2.47. The first-order chi connectivity index (χ1) is 12.6. The van der Waals surface area contributed by atoms with Gasteiger partial charge in [0.25, 0.3) is 0 Å². The maximum absolute atomic E-state index is 12.9. The van der Waals surface area contributed by atoms with Gasteiger partial charge in [0.05, 0.1) is 0 Å². The van der Waals surface area contributed by atoms with Gasteiger partial charge in [-0.25, -0.2) is 4.79 Å². The molecular formula is C21H29N3O3. The van der Waals surface area contributed by atoms with E-state index >= 15 is 0 Å². The van der Waals surface area contributed by atoms with E-state index in [-0.39, 0.29) is 11.8 Å². The minimum atomic E-state index is -0.621. The number of carbonyl (C=O) groups excluding carboxylic acids is 2. The molecule has 0 aliphatic heterocycles. The second kappa shape index (κ2) is 8.37. The maximum atomic E-state index is 12.9. The first-order valence-corrected chi connectivity index (χ1v) is 9.17. The van der Waals surface area contributed by atoms with Crippen LogP contribution in [-0.4, -0.2) is 40.6 Å². The number of rotatable bonds is 5. The Hall–Kier alpha value is -2.63. The lowest BCUT2D eigenvalue weighted by molar-refractivity contribution is -0.121. The third-order valence-corrected chi connectivity index (χ3v) is 4.05. The summed E-state index contributed by atoms with van der Waals surface area (Å²) in [5.41, 5.74) is 0.0575. The number of hydrogen-bond donors (Lipinski definition) is 1. The van der Waals surface area contributed by atoms with Gasteiger partial charge in [-0.1, -0.05) is 19.9 Å². The number of fused-ring (bicyclic) bond motifs is 1. The maximum Gasteiger partial charge on any atom is 0.410 e. The molecule has 0 aliphatic rings. The summed E-state index contributed by atoms with van der Waals surface area (Å²) in [5.74, 6) is 0.00624. The van der Waals surface area contributed by atoms with E-state index in [0.717, 1.165) is 10.8 Å². The summed E-state index contributed by atoms with van der Waals surface area (Å²) in [7, 11) is 1.60. The molecule has 6 heteroatoms. The van der Waals surface area contributed by atoms with Crippen molar-refractivity contribution in [3.8, 4) is 0 Å². The predicted molar refractivity (Wildman–Crippen MR) is 108 cm³/mol. The zero-order valence-electron chi connectivity index (χ0n) is 16.9. The molecule has 1 atom stereocenters. The summed E-state index contributed by atoms with van der Waals surface area (Å²) in [5, 5.41) is 4.91. The fraction of sp³-hybridized carbons (Fsp3) is 0.476. The fourth-order valence-electron chi connectivity index (χ4n) is 2.74. The topological polar surface area (TPSA) is 71.5 Å². The van der Waals surface area contributed by atoms with Crippen LogP contribution in [0.3, 0.4) is 0 Å². The molecule has 1 heterocycles. The van der Waals surface area contributed by atoms with E-state index in [2.05, 4.69) is 10.3 Å². The highest BCUT2D eigenvalue weighted by Crippen LogP contribution is 2.20. The highest BCUT2D eigenvalue weighted by Gasteiger charge is 2.30. The highest BCUT2D eigenvalue weighted by molar-refractivity contribution is 5.98. The lowest BCUT2D eigenvalue weighted by atomic mass is 10.0. The summed E-state index contributed by atoms with van der Waals surface area (Å²) in [6.07, 6.45) is 3.51. The number of carbonyl (C=O) groups is 2. The normalized spacial score (nSPS) is 12.7. The summed E-state index contributed by atoms with van der Waals surface area (Å²) >= 11 is 0. The standard InChI is InChI=1S/C21H29N3O3/c1-14(2)11-18(24(6)20(26)27-21(3,4)5)19(25)23-17-8-7-15-9-10-22-13-16(15)12-17/h7-10,12-14,18H,11H2,1-6H3,(H,23,25). The van der Waals surface area contributed by atoms with Gasteiger partial charge < -0.3 is 10.1 Å². The summed E-state index contributed by atoms with van der Waals surface area (Å²) in [6, 6.07) is 6.95. The highest BCUT2D eigenvalue weighted by atomic mass is 16.6. The SMILES string of the molecule is CC(C)CC(C(=O)Nc1ccc2ccncc2c1)N(C)C(=O)OC(C)(C)C. The van der Waals surface area contributed by atoms with E-state index in [1.54, 1.807) is 40.2 Å². The number of nitrogens with one attached hydrogen (secondary N) is 1. The lowest BCUT2D eigenvalue weighted by Gasteiger charge is -2.31. The van der Waals surface area contributed by atoms with Gasteiger partial charge in [-0.05, 0) is 56.7 Å². The van der Waals surface area contributed by atoms with Crippen molar-refractivity contribution < 1.29 is 14.3 Å². The van der Waals surface area contributed by atoms with Crippen molar-refractivity contribution in [3.63, 3.8) is 0 Å². The second-order valence-corrected chi connectivity index (χ2v) is 8.16. The summed E-state index contributed by atoms with van der Waals surface area (Å²) in [6.45, 7) is 9.45. The Morgan fingerprint density at radius 3 is 2.52 bits per heavy atom. The van der Waals surface area contributed by atoms with Gasteiger partial charge in [0.15, 0.2) is 0 Å². The van der Waals surface area contributed by atoms with Crippen molar-refractivity contribution in [3.05, 3.63) is 36.7 Å². The largest absolute Gasteiger partial charge is 0.444 e. The van der Waals surface area contributed by atoms with Crippen LogP contribution >= 0.6 is 0 Å². The van der Waals surface area contributed by atoms with Crippen molar-refractivity contribution in [2.75, 3.05) is 12.4 Å². The Bertz CT molecular complexity index is 812. The molecule has 1 aromatic carbocycles. The van der Waals surface area contributed by atoms with Crippen molar-refractivity contribution in [2.45, 2.75) is 52.7 Å². The molecule has 0 bridgehead atoms. The first-order valence-electron chi connectivity index (χ1n) is 9.17. The van der Waals surface area contributed by atoms with Gasteiger partial charge in [-0.3, -0.25) is 14.7 Å². The number of aromatic nitrogens is 1. The Morgan fingerprint density at radius 2 is 1.89 bits per heavy atom. The Morgan fingerprint density at radius 1 is 1.19 bits per heavy atom. The van der Waals surface area contributed by atoms with Crippen molar-refractivity contribution >= 4 is 28.5 Å². The van der Waals surface area contributed by atoms with Crippen LogP contribution in [0.15, 0.2) is 36.7 Å². The first kappa shape index (κ1) is 20.7. The second-order valence-electron chi connectivity index (χ2n) is 8.16. The molecule has 1 N–H and O–H groups in total. The molecular weight excluding hydrogens is 342 g/mol. The van der Waals surface area contributed by atoms with Crippen LogP contribution < -0.4 is 5.32 Å². The quantitative estimate of drug-likeness (QED) is 0.842. The fourth-order valence-corrected chi connectivity index (χ4v) is 2.74. The van der Waals surface area contributed by atoms with Crippen LogP contribution in [0.5, 0.6) is 0 Å². The third kappa shape index (κ3) is 5.94. The number of likely N-dealkylation sites (N-methyl/N-ethyl adjacent to an activating group) is 1. The summed E-state index contributed by atoms with van der Waals surface area (Å²) < 4.78 is 5.42. The molecule has 0 fully saturated rings. The van der Waals surface area contributed by atoms with Crippen molar-refractivity contribution in [2.24, 2.45) is 5.92 Å². The molecule has 2 aromatic rings. The van der Waals surface area contributed by atoms with Gasteiger partial charge in [0, 0.05) is 30.5 Å². The predicted octanol–water partition coefficient (Wildman–Crippen LogP) is 4.45. The van der Waals surface area contributed by atoms with Crippen LogP contribution in [0.4, 0.5) is 10.5 Å². The minimum Gasteiger partial charge on any atom is -0.444 e. The molecule has 2 rings (SSSR count). The molecule has 0 radical (unpaired) electrons. The number of nitrogens with zero attached hydrogens (tertiary/aromatic N) is 2. The van der Waals surface area contributed by atoms with Gasteiger partial charge in [-0.15, -0.1) is 0 Å². The van der Waals surface area contributed by atoms with Crippen molar-refractivity contribution in [1.82, 2.24) is 9.88 Å². The van der Waals surface area contributed by atoms with E-state index in [9.17, 15) is 9.59 Å². The van der Waals surface area contributed by atoms with E-state index in [4.69, 9.17) is 4.74 Å². The molecule has 1 aromatic heterocycles. The number of benzene rings is 1. The molecule has 0 spiro atoms. The zero-order valence-corrected chi connectivity index (χ0v) is 16.9. The number of pyridine rings is 1. The number of anilines is 1.